The van der Waals surface area contributed by atoms with E-state index in [9.17, 15) is 0 Å². The van der Waals surface area contributed by atoms with Crippen LogP contribution < -0.4 is 0 Å². The van der Waals surface area contributed by atoms with Gasteiger partial charge in [0, 0.05) is 33.0 Å². The Morgan fingerprint density at radius 1 is 0.420 bits per heavy atom. The molecule has 0 unspecified atom stereocenters. The van der Waals surface area contributed by atoms with Gasteiger partial charge in [-0.1, -0.05) is 133 Å². The average Bonchev–Trinajstić information content (AvgIpc) is 3.79. The van der Waals surface area contributed by atoms with Crippen LogP contribution in [0, 0.1) is 0 Å². The molecule has 6 heteroatoms. The van der Waals surface area contributed by atoms with E-state index < -0.39 is 0 Å². The molecule has 0 radical (unpaired) electrons. The third-order valence-electron chi connectivity index (χ3n) is 9.13. The summed E-state index contributed by atoms with van der Waals surface area (Å²) in [4.78, 5) is 20.3. The minimum Gasteiger partial charge on any atom is -0.455 e. The van der Waals surface area contributed by atoms with Gasteiger partial charge < -0.3 is 4.42 Å². The van der Waals surface area contributed by atoms with Gasteiger partial charge in [-0.05, 0) is 40.6 Å². The smallest absolute Gasteiger partial charge is 0.164 e. The number of thiazole rings is 1. The van der Waals surface area contributed by atoms with Gasteiger partial charge in [-0.25, -0.2) is 19.9 Å². The zero-order chi connectivity index (χ0) is 33.0. The van der Waals surface area contributed by atoms with Crippen molar-refractivity contribution >= 4 is 54.3 Å². The maximum atomic E-state index is 6.62. The highest BCUT2D eigenvalue weighted by Crippen LogP contribution is 2.44. The predicted molar refractivity (Wildman–Crippen MR) is 205 cm³/mol. The van der Waals surface area contributed by atoms with E-state index in [0.717, 1.165) is 75.9 Å². The largest absolute Gasteiger partial charge is 0.455 e. The Labute approximate surface area is 291 Å². The number of rotatable bonds is 5. The summed E-state index contributed by atoms with van der Waals surface area (Å²) >= 11 is 1.70. The van der Waals surface area contributed by atoms with Crippen molar-refractivity contribution in [2.45, 2.75) is 0 Å². The number of para-hydroxylation sites is 1. The number of hydrogen-bond donors (Lipinski definition) is 0. The first kappa shape index (κ1) is 28.5. The third-order valence-corrected chi connectivity index (χ3v) is 10.2. The van der Waals surface area contributed by atoms with Crippen molar-refractivity contribution in [3.05, 3.63) is 158 Å². The van der Waals surface area contributed by atoms with Crippen LogP contribution in [0.3, 0.4) is 0 Å². The van der Waals surface area contributed by atoms with Gasteiger partial charge in [-0.15, -0.1) is 11.3 Å². The highest BCUT2D eigenvalue weighted by molar-refractivity contribution is 7.21. The van der Waals surface area contributed by atoms with Crippen molar-refractivity contribution in [3.63, 3.8) is 0 Å². The molecule has 0 spiro atoms. The molecular weight excluding hydrogens is 633 g/mol. The predicted octanol–water partition coefficient (Wildman–Crippen LogP) is 11.9. The highest BCUT2D eigenvalue weighted by Gasteiger charge is 2.21. The molecule has 0 aliphatic rings. The quantitative estimate of drug-likeness (QED) is 0.184. The lowest BCUT2D eigenvalue weighted by atomic mass is 9.99. The van der Waals surface area contributed by atoms with Crippen LogP contribution in [0.25, 0.3) is 98.8 Å². The first-order chi connectivity index (χ1) is 24.7. The van der Waals surface area contributed by atoms with Gasteiger partial charge in [-0.2, -0.15) is 0 Å². The SMILES string of the molecule is c1ccc(-c2nc(-c3cccc(-c4c5nc(-c6ccccc6)sc5cc5c4oc4ccccc45)c3)nc(-c3ccc4ccccc4c3)n2)cc1. The number of nitrogens with zero attached hydrogens (tertiary/aromatic N) is 4. The van der Waals surface area contributed by atoms with E-state index in [2.05, 4.69) is 109 Å². The second kappa shape index (κ2) is 11.6. The molecule has 0 fully saturated rings. The van der Waals surface area contributed by atoms with Crippen LogP contribution in [-0.4, -0.2) is 19.9 Å². The Bertz CT molecular complexity index is 2880. The Morgan fingerprint density at radius 2 is 1.04 bits per heavy atom. The van der Waals surface area contributed by atoms with E-state index in [1.807, 2.05) is 48.5 Å². The molecular formula is C44H26N4OS. The number of benzene rings is 7. The lowest BCUT2D eigenvalue weighted by molar-refractivity contribution is 0.670. The minimum atomic E-state index is 0.597. The molecule has 10 aromatic rings. The summed E-state index contributed by atoms with van der Waals surface area (Å²) in [5, 5.41) is 5.43. The lowest BCUT2D eigenvalue weighted by Crippen LogP contribution is -2.00. The third kappa shape index (κ3) is 4.85. The summed E-state index contributed by atoms with van der Waals surface area (Å²) in [6, 6.07) is 53.9. The van der Waals surface area contributed by atoms with Crippen LogP contribution in [0.1, 0.15) is 0 Å². The molecule has 3 heterocycles. The van der Waals surface area contributed by atoms with Gasteiger partial charge in [0.25, 0.3) is 0 Å². The summed E-state index contributed by atoms with van der Waals surface area (Å²) in [6.07, 6.45) is 0. The van der Waals surface area contributed by atoms with Crippen molar-refractivity contribution in [2.75, 3.05) is 0 Å². The molecule has 0 bridgehead atoms. The van der Waals surface area contributed by atoms with E-state index >= 15 is 0 Å². The summed E-state index contributed by atoms with van der Waals surface area (Å²) in [6.45, 7) is 0. The summed E-state index contributed by atoms with van der Waals surface area (Å²) in [5.41, 5.74) is 8.36. The molecule has 0 amide bonds. The normalized spacial score (nSPS) is 11.6. The zero-order valence-corrected chi connectivity index (χ0v) is 27.4. The van der Waals surface area contributed by atoms with Gasteiger partial charge in [0.1, 0.15) is 16.2 Å². The first-order valence-electron chi connectivity index (χ1n) is 16.5. The average molecular weight is 659 g/mol. The van der Waals surface area contributed by atoms with Crippen LogP contribution in [0.2, 0.25) is 0 Å². The van der Waals surface area contributed by atoms with Crippen molar-refractivity contribution in [3.8, 4) is 55.9 Å². The van der Waals surface area contributed by atoms with E-state index in [4.69, 9.17) is 24.4 Å². The molecule has 0 saturated heterocycles. The van der Waals surface area contributed by atoms with Crippen molar-refractivity contribution in [1.29, 1.82) is 0 Å². The Morgan fingerprint density at radius 3 is 1.84 bits per heavy atom. The van der Waals surface area contributed by atoms with E-state index in [1.54, 1.807) is 11.3 Å². The van der Waals surface area contributed by atoms with Gasteiger partial charge >= 0.3 is 0 Å². The van der Waals surface area contributed by atoms with E-state index in [1.165, 1.54) is 5.39 Å². The van der Waals surface area contributed by atoms with Crippen molar-refractivity contribution < 1.29 is 4.42 Å². The van der Waals surface area contributed by atoms with E-state index in [-0.39, 0.29) is 0 Å². The fourth-order valence-corrected chi connectivity index (χ4v) is 7.73. The Kier molecular flexibility index (Phi) is 6.60. The van der Waals surface area contributed by atoms with Crippen molar-refractivity contribution in [1.82, 2.24) is 19.9 Å². The molecule has 0 aliphatic carbocycles. The fraction of sp³-hybridized carbons (Fsp3) is 0. The Hall–Kier alpha value is -6.50. The molecule has 0 N–H and O–H groups in total. The number of furan rings is 1. The molecule has 3 aromatic heterocycles. The first-order valence-corrected chi connectivity index (χ1v) is 17.3. The van der Waals surface area contributed by atoms with Gasteiger partial charge in [0.05, 0.1) is 15.8 Å². The zero-order valence-electron chi connectivity index (χ0n) is 26.6. The second-order valence-corrected chi connectivity index (χ2v) is 13.3. The highest BCUT2D eigenvalue weighted by atomic mass is 32.1. The summed E-state index contributed by atoms with van der Waals surface area (Å²) < 4.78 is 7.72. The minimum absolute atomic E-state index is 0.597. The summed E-state index contributed by atoms with van der Waals surface area (Å²) in [7, 11) is 0. The topological polar surface area (TPSA) is 64.7 Å². The number of hydrogen-bond acceptors (Lipinski definition) is 6. The van der Waals surface area contributed by atoms with Crippen LogP contribution in [-0.2, 0) is 0 Å². The van der Waals surface area contributed by atoms with Crippen molar-refractivity contribution in [2.24, 2.45) is 0 Å². The fourth-order valence-electron chi connectivity index (χ4n) is 6.71. The van der Waals surface area contributed by atoms with Crippen LogP contribution in [0.15, 0.2) is 162 Å². The van der Waals surface area contributed by atoms with Gasteiger partial charge in [-0.3, -0.25) is 0 Å². The summed E-state index contributed by atoms with van der Waals surface area (Å²) in [5.74, 6) is 1.84. The lowest BCUT2D eigenvalue weighted by Gasteiger charge is -2.10. The van der Waals surface area contributed by atoms with Crippen LogP contribution >= 0.6 is 11.3 Å². The van der Waals surface area contributed by atoms with Crippen LogP contribution in [0.4, 0.5) is 0 Å². The van der Waals surface area contributed by atoms with Gasteiger partial charge in [0.2, 0.25) is 0 Å². The second-order valence-electron chi connectivity index (χ2n) is 12.3. The molecule has 0 aliphatic heterocycles. The monoisotopic (exact) mass is 658 g/mol. The maximum Gasteiger partial charge on any atom is 0.164 e. The number of fused-ring (bicyclic) bond motifs is 5. The van der Waals surface area contributed by atoms with E-state index in [0.29, 0.717) is 17.5 Å². The standard InChI is InChI=1S/C44H26N4OS/c1-3-13-28(14-4-1)41-46-42(48-43(47-41)33-23-22-27-12-7-8-17-30(27)24-33)32-19-11-18-31(25-32)38-39-37(50-44(45-39)29-15-5-2-6-16-29)26-35-34-20-9-10-21-36(34)49-40(35)38/h1-26H. The molecule has 10 rings (SSSR count). The number of aromatic nitrogens is 4. The molecule has 7 aromatic carbocycles. The Balaban J connectivity index is 1.19. The molecule has 0 atom stereocenters. The van der Waals surface area contributed by atoms with Crippen LogP contribution in [0.5, 0.6) is 0 Å². The van der Waals surface area contributed by atoms with Gasteiger partial charge in [0.15, 0.2) is 17.5 Å². The molecule has 234 valence electrons. The molecule has 50 heavy (non-hydrogen) atoms. The molecule has 5 nitrogen and oxygen atoms in total. The maximum absolute atomic E-state index is 6.62. The molecule has 0 saturated carbocycles.